The first-order valence-electron chi connectivity index (χ1n) is 11.5. The summed E-state index contributed by atoms with van der Waals surface area (Å²) >= 11 is 0. The fourth-order valence-corrected chi connectivity index (χ4v) is 6.13. The number of hydrogen-bond donors (Lipinski definition) is 1. The van der Waals surface area contributed by atoms with E-state index in [1.807, 2.05) is 0 Å². The Bertz CT molecular complexity index is 1270. The molecule has 1 aromatic carbocycles. The highest BCUT2D eigenvalue weighted by molar-refractivity contribution is 7.92. The molecule has 2 aromatic rings. The Balaban J connectivity index is 1.72. The van der Waals surface area contributed by atoms with Crippen molar-refractivity contribution in [2.45, 2.75) is 87.5 Å². The minimum absolute atomic E-state index is 0.187. The van der Waals surface area contributed by atoms with Gasteiger partial charge < -0.3 is 5.32 Å². The summed E-state index contributed by atoms with van der Waals surface area (Å²) in [5.74, 6) is -1.15. The third-order valence-corrected chi connectivity index (χ3v) is 9.32. The van der Waals surface area contributed by atoms with Crippen LogP contribution in [0.3, 0.4) is 0 Å². The Morgan fingerprint density at radius 3 is 2.14 bits per heavy atom. The molecule has 37 heavy (non-hydrogen) atoms. The molecule has 1 aliphatic rings. The largest absolute Gasteiger partial charge is 0.416 e. The zero-order valence-electron chi connectivity index (χ0n) is 21.0. The summed E-state index contributed by atoms with van der Waals surface area (Å²) in [7, 11) is -4.16. The predicted molar refractivity (Wildman–Crippen MR) is 124 cm³/mol. The molecule has 1 aliphatic carbocycles. The van der Waals surface area contributed by atoms with Gasteiger partial charge in [0.2, 0.25) is 0 Å². The summed E-state index contributed by atoms with van der Waals surface area (Å²) in [5.41, 5.74) is -1.73. The van der Waals surface area contributed by atoms with Crippen LogP contribution in [0.5, 0.6) is 0 Å². The van der Waals surface area contributed by atoms with E-state index in [-0.39, 0.29) is 24.2 Å². The molecule has 0 aliphatic heterocycles. The van der Waals surface area contributed by atoms with E-state index in [1.54, 1.807) is 20.8 Å². The second-order valence-corrected chi connectivity index (χ2v) is 13.4. The molecule has 0 unspecified atom stereocenters. The summed E-state index contributed by atoms with van der Waals surface area (Å²) in [6.07, 6.45) is -8.77. The molecule has 0 atom stereocenters. The smallest absolute Gasteiger partial charge is 0.348 e. The lowest BCUT2D eigenvalue weighted by molar-refractivity contribution is -0.143. The van der Waals surface area contributed by atoms with Gasteiger partial charge in [0.05, 0.1) is 15.2 Å². The molecule has 1 saturated carbocycles. The van der Waals surface area contributed by atoms with Crippen LogP contribution in [0.1, 0.15) is 69.2 Å². The van der Waals surface area contributed by atoms with Crippen LogP contribution in [0.2, 0.25) is 0 Å². The molecule has 1 N–H and O–H groups in total. The lowest BCUT2D eigenvalue weighted by atomic mass is 9.73. The summed E-state index contributed by atoms with van der Waals surface area (Å²) in [6.45, 7) is 6.60. The predicted octanol–water partition coefficient (Wildman–Crippen LogP) is 5.52. The minimum Gasteiger partial charge on any atom is -0.348 e. The van der Waals surface area contributed by atoms with E-state index in [0.29, 0.717) is 6.07 Å². The highest BCUT2D eigenvalue weighted by Gasteiger charge is 2.49. The number of rotatable bonds is 6. The highest BCUT2D eigenvalue weighted by atomic mass is 32.2. The second kappa shape index (κ2) is 9.32. The minimum atomic E-state index is -4.69. The van der Waals surface area contributed by atoms with Gasteiger partial charge in [-0.1, -0.05) is 26.8 Å². The number of hydrogen-bond acceptors (Lipinski definition) is 4. The lowest BCUT2D eigenvalue weighted by Gasteiger charge is -2.44. The monoisotopic (exact) mass is 553 g/mol. The van der Waals surface area contributed by atoms with Crippen molar-refractivity contribution >= 4 is 15.7 Å². The number of carbonyl (C=O) groups excluding carboxylic acids is 1. The van der Waals surface area contributed by atoms with Crippen LogP contribution in [-0.4, -0.2) is 41.1 Å². The Morgan fingerprint density at radius 1 is 1.03 bits per heavy atom. The average Bonchev–Trinajstić information content (AvgIpc) is 3.12. The number of carbonyl (C=O) groups is 1. The van der Waals surface area contributed by atoms with Gasteiger partial charge in [-0.05, 0) is 56.9 Å². The Labute approximate surface area is 211 Å². The van der Waals surface area contributed by atoms with Crippen LogP contribution in [0.4, 0.5) is 26.3 Å². The van der Waals surface area contributed by atoms with Crippen LogP contribution in [0.25, 0.3) is 0 Å². The lowest BCUT2D eigenvalue weighted by Crippen LogP contribution is -2.53. The topological polar surface area (TPSA) is 81.1 Å². The van der Waals surface area contributed by atoms with Gasteiger partial charge in [-0.25, -0.2) is 8.42 Å². The van der Waals surface area contributed by atoms with Crippen molar-refractivity contribution in [3.63, 3.8) is 0 Å². The third-order valence-electron chi connectivity index (χ3n) is 6.73. The Hall–Kier alpha value is -2.57. The van der Waals surface area contributed by atoms with E-state index in [0.717, 1.165) is 22.9 Å². The number of halogens is 6. The third kappa shape index (κ3) is 6.12. The molecule has 6 nitrogen and oxygen atoms in total. The SMILES string of the molecule is CC(C)(C)c1cc(C(=O)NC2CC(C(C)(C)S(=O)(=O)c3cccc(C(F)(F)F)c3)C2)nn1CC(F)(F)F. The fraction of sp³-hybridized carbons (Fsp3) is 0.583. The van der Waals surface area contributed by atoms with Crippen molar-refractivity contribution in [3.05, 3.63) is 47.3 Å². The average molecular weight is 554 g/mol. The van der Waals surface area contributed by atoms with Crippen LogP contribution >= 0.6 is 0 Å². The number of aromatic nitrogens is 2. The standard InChI is InChI=1S/C24H29F6N3O3S/c1-21(2,3)19-12-18(32-33(19)13-23(25,26)27)20(34)31-16-9-15(10-16)22(4,5)37(35,36)17-8-6-7-14(11-17)24(28,29)30/h6-8,11-12,15-16H,9-10,13H2,1-5H3,(H,31,34). The van der Waals surface area contributed by atoms with Crippen molar-refractivity contribution in [1.29, 1.82) is 0 Å². The van der Waals surface area contributed by atoms with E-state index >= 15 is 0 Å². The number of nitrogens with zero attached hydrogens (tertiary/aromatic N) is 2. The molecule has 0 saturated heterocycles. The number of amides is 1. The summed E-state index contributed by atoms with van der Waals surface area (Å²) in [5, 5.41) is 6.52. The van der Waals surface area contributed by atoms with Gasteiger partial charge in [0.15, 0.2) is 9.84 Å². The van der Waals surface area contributed by atoms with Gasteiger partial charge in [0.25, 0.3) is 5.91 Å². The van der Waals surface area contributed by atoms with E-state index in [2.05, 4.69) is 10.4 Å². The molecule has 1 amide bonds. The summed E-state index contributed by atoms with van der Waals surface area (Å²) in [6, 6.07) is 4.41. The first kappa shape index (κ1) is 29.0. The molecule has 13 heteroatoms. The van der Waals surface area contributed by atoms with E-state index in [1.165, 1.54) is 19.9 Å². The van der Waals surface area contributed by atoms with Gasteiger partial charge in [0, 0.05) is 17.2 Å². The van der Waals surface area contributed by atoms with E-state index in [4.69, 9.17) is 0 Å². The Kier molecular flexibility index (Phi) is 7.30. The first-order valence-corrected chi connectivity index (χ1v) is 13.0. The molecule has 0 radical (unpaired) electrons. The van der Waals surface area contributed by atoms with Crippen molar-refractivity contribution in [3.8, 4) is 0 Å². The first-order chi connectivity index (χ1) is 16.6. The summed E-state index contributed by atoms with van der Waals surface area (Å²) in [4.78, 5) is 12.3. The van der Waals surface area contributed by atoms with Crippen molar-refractivity contribution in [2.24, 2.45) is 5.92 Å². The molecular weight excluding hydrogens is 524 g/mol. The maximum atomic E-state index is 13.2. The maximum Gasteiger partial charge on any atom is 0.416 e. The molecule has 1 heterocycles. The van der Waals surface area contributed by atoms with E-state index < -0.39 is 67.2 Å². The van der Waals surface area contributed by atoms with Crippen LogP contribution in [-0.2, 0) is 28.0 Å². The molecular formula is C24H29F6N3O3S. The van der Waals surface area contributed by atoms with Gasteiger partial charge >= 0.3 is 12.4 Å². The molecule has 3 rings (SSSR count). The van der Waals surface area contributed by atoms with Crippen molar-refractivity contribution < 1.29 is 39.6 Å². The molecule has 0 spiro atoms. The normalized spacial score (nSPS) is 19.4. The van der Waals surface area contributed by atoms with Crippen LogP contribution < -0.4 is 5.32 Å². The molecule has 0 bridgehead atoms. The summed E-state index contributed by atoms with van der Waals surface area (Å²) < 4.78 is 104. The van der Waals surface area contributed by atoms with Gasteiger partial charge in [-0.3, -0.25) is 9.48 Å². The Morgan fingerprint density at radius 2 is 1.62 bits per heavy atom. The quantitative estimate of drug-likeness (QED) is 0.478. The zero-order valence-corrected chi connectivity index (χ0v) is 21.8. The van der Waals surface area contributed by atoms with Crippen LogP contribution in [0.15, 0.2) is 35.2 Å². The highest BCUT2D eigenvalue weighted by Crippen LogP contribution is 2.44. The van der Waals surface area contributed by atoms with Crippen LogP contribution in [0, 0.1) is 5.92 Å². The van der Waals surface area contributed by atoms with Crippen molar-refractivity contribution in [1.82, 2.24) is 15.1 Å². The zero-order chi connectivity index (χ0) is 28.2. The van der Waals surface area contributed by atoms with Gasteiger partial charge in [-0.2, -0.15) is 31.4 Å². The molecule has 1 fully saturated rings. The number of alkyl halides is 6. The van der Waals surface area contributed by atoms with E-state index in [9.17, 15) is 39.6 Å². The van der Waals surface area contributed by atoms with Crippen molar-refractivity contribution in [2.75, 3.05) is 0 Å². The van der Waals surface area contributed by atoms with Gasteiger partial charge in [0.1, 0.15) is 12.2 Å². The number of sulfone groups is 1. The fourth-order valence-electron chi connectivity index (χ4n) is 4.35. The number of benzene rings is 1. The maximum absolute atomic E-state index is 13.2. The molecule has 206 valence electrons. The van der Waals surface area contributed by atoms with Gasteiger partial charge in [-0.15, -0.1) is 0 Å². The number of nitrogens with one attached hydrogen (secondary N) is 1. The second-order valence-electron chi connectivity index (χ2n) is 10.9. The molecule has 1 aromatic heterocycles.